The Morgan fingerprint density at radius 1 is 1.30 bits per heavy atom. The molecule has 170 valence electrons. The fourth-order valence-corrected chi connectivity index (χ4v) is 3.87. The molecule has 33 heavy (non-hydrogen) atoms. The molecule has 4 N–H and O–H groups in total. The van der Waals surface area contributed by atoms with Gasteiger partial charge in [-0.25, -0.2) is 19.2 Å². The van der Waals surface area contributed by atoms with Crippen LogP contribution in [-0.2, 0) is 14.3 Å². The molecule has 1 unspecified atom stereocenters. The van der Waals surface area contributed by atoms with Crippen molar-refractivity contribution < 1.29 is 28.2 Å². The molecule has 2 aliphatic heterocycles. The zero-order valence-corrected chi connectivity index (χ0v) is 17.6. The molecular weight excluding hydrogens is 433 g/mol. The summed E-state index contributed by atoms with van der Waals surface area (Å²) in [5.41, 5.74) is 7.58. The first-order chi connectivity index (χ1) is 15.9. The predicted octanol–water partition coefficient (Wildman–Crippen LogP) is 2.99. The molecule has 2 aromatic heterocycles. The SMILES string of the molecule is Cc1c(-c2cc3cc(NC(=O)OC4CCOC4)ncc3c(N)c2F)cnc2c1NC(=O)CO2. The van der Waals surface area contributed by atoms with Crippen LogP contribution in [0.2, 0.25) is 0 Å². The van der Waals surface area contributed by atoms with Crippen molar-refractivity contribution in [2.24, 2.45) is 0 Å². The fourth-order valence-electron chi connectivity index (χ4n) is 3.87. The van der Waals surface area contributed by atoms with E-state index in [1.54, 1.807) is 19.1 Å². The van der Waals surface area contributed by atoms with Crippen LogP contribution in [0, 0.1) is 12.7 Å². The summed E-state index contributed by atoms with van der Waals surface area (Å²) in [6.45, 7) is 2.51. The van der Waals surface area contributed by atoms with Crippen molar-refractivity contribution >= 4 is 40.0 Å². The van der Waals surface area contributed by atoms with Gasteiger partial charge in [0.1, 0.15) is 17.6 Å². The van der Waals surface area contributed by atoms with Gasteiger partial charge in [-0.1, -0.05) is 0 Å². The summed E-state index contributed by atoms with van der Waals surface area (Å²) in [6.07, 6.45) is 2.54. The molecule has 2 aliphatic rings. The Labute approximate surface area is 187 Å². The molecule has 0 bridgehead atoms. The molecule has 1 fully saturated rings. The maximum Gasteiger partial charge on any atom is 0.413 e. The first-order valence-electron chi connectivity index (χ1n) is 10.3. The van der Waals surface area contributed by atoms with E-state index >= 15 is 4.39 Å². The van der Waals surface area contributed by atoms with Gasteiger partial charge in [-0.15, -0.1) is 0 Å². The number of nitrogens with two attached hydrogens (primary N) is 1. The molecular formula is C22H20FN5O5. The van der Waals surface area contributed by atoms with Crippen LogP contribution in [0.15, 0.2) is 24.5 Å². The first kappa shape index (κ1) is 20.9. The van der Waals surface area contributed by atoms with Crippen LogP contribution < -0.4 is 21.1 Å². The molecule has 0 spiro atoms. The van der Waals surface area contributed by atoms with Gasteiger partial charge < -0.3 is 25.3 Å². The van der Waals surface area contributed by atoms with Gasteiger partial charge in [0.15, 0.2) is 12.4 Å². The quantitative estimate of drug-likeness (QED) is 0.515. The first-order valence-corrected chi connectivity index (χ1v) is 10.3. The number of ether oxygens (including phenoxy) is 3. The van der Waals surface area contributed by atoms with E-state index in [1.807, 2.05) is 0 Å². The third-order valence-electron chi connectivity index (χ3n) is 5.59. The topological polar surface area (TPSA) is 138 Å². The smallest absolute Gasteiger partial charge is 0.413 e. The Morgan fingerprint density at radius 3 is 2.94 bits per heavy atom. The van der Waals surface area contributed by atoms with Gasteiger partial charge in [-0.3, -0.25) is 10.1 Å². The minimum Gasteiger partial charge on any atom is -0.466 e. The average Bonchev–Trinajstić information content (AvgIpc) is 3.30. The molecule has 0 aliphatic carbocycles. The summed E-state index contributed by atoms with van der Waals surface area (Å²) < 4.78 is 31.0. The highest BCUT2D eigenvalue weighted by Crippen LogP contribution is 2.39. The predicted molar refractivity (Wildman–Crippen MR) is 118 cm³/mol. The number of fused-ring (bicyclic) bond motifs is 2. The van der Waals surface area contributed by atoms with E-state index < -0.39 is 11.9 Å². The van der Waals surface area contributed by atoms with Crippen LogP contribution in [0.5, 0.6) is 5.88 Å². The number of pyridine rings is 2. The number of aromatic nitrogens is 2. The number of nitrogens with one attached hydrogen (secondary N) is 2. The van der Waals surface area contributed by atoms with Crippen LogP contribution in [0.25, 0.3) is 21.9 Å². The van der Waals surface area contributed by atoms with E-state index in [2.05, 4.69) is 20.6 Å². The lowest BCUT2D eigenvalue weighted by Gasteiger charge is -2.21. The third-order valence-corrected chi connectivity index (χ3v) is 5.59. The zero-order chi connectivity index (χ0) is 23.1. The summed E-state index contributed by atoms with van der Waals surface area (Å²) >= 11 is 0. The normalized spacial score (nSPS) is 17.3. The van der Waals surface area contributed by atoms with Crippen LogP contribution in [0.1, 0.15) is 12.0 Å². The van der Waals surface area contributed by atoms with Gasteiger partial charge in [0.25, 0.3) is 5.91 Å². The molecule has 0 saturated carbocycles. The highest BCUT2D eigenvalue weighted by Gasteiger charge is 2.24. The second kappa shape index (κ2) is 8.17. The minimum absolute atomic E-state index is 0.0929. The van der Waals surface area contributed by atoms with Gasteiger partial charge in [-0.2, -0.15) is 0 Å². The fraction of sp³-hybridized carbons (Fsp3) is 0.273. The Bertz CT molecular complexity index is 1290. The number of hydrogen-bond donors (Lipinski definition) is 3. The lowest BCUT2D eigenvalue weighted by atomic mass is 9.97. The van der Waals surface area contributed by atoms with E-state index in [4.69, 9.17) is 19.9 Å². The number of anilines is 3. The molecule has 10 nitrogen and oxygen atoms in total. The maximum atomic E-state index is 15.2. The number of hydrogen-bond acceptors (Lipinski definition) is 8. The Morgan fingerprint density at radius 2 is 2.15 bits per heavy atom. The van der Waals surface area contributed by atoms with Crippen molar-refractivity contribution in [2.75, 3.05) is 36.2 Å². The van der Waals surface area contributed by atoms with Gasteiger partial charge in [0.2, 0.25) is 5.88 Å². The highest BCUT2D eigenvalue weighted by atomic mass is 19.1. The van der Waals surface area contributed by atoms with Crippen molar-refractivity contribution in [1.29, 1.82) is 0 Å². The molecule has 3 aromatic rings. The van der Waals surface area contributed by atoms with Crippen molar-refractivity contribution in [2.45, 2.75) is 19.4 Å². The zero-order valence-electron chi connectivity index (χ0n) is 17.6. The van der Waals surface area contributed by atoms with Crippen LogP contribution in [0.3, 0.4) is 0 Å². The number of carbonyl (C=O) groups is 2. The van der Waals surface area contributed by atoms with E-state index in [-0.39, 0.29) is 41.6 Å². The van der Waals surface area contributed by atoms with Crippen molar-refractivity contribution in [3.8, 4) is 17.0 Å². The standard InChI is InChI=1S/C22H20FN5O5/c1-10-14(6-26-21-20(10)28-17(29)9-32-21)13-4-11-5-16(25-7-15(11)19(24)18(13)23)27-22(30)33-12-2-3-31-8-12/h4-7,12H,2-3,8-9,24H2,1H3,(H,28,29)(H,25,27,30). The van der Waals surface area contributed by atoms with Crippen LogP contribution >= 0.6 is 0 Å². The monoisotopic (exact) mass is 453 g/mol. The van der Waals surface area contributed by atoms with Gasteiger partial charge in [0, 0.05) is 35.3 Å². The van der Waals surface area contributed by atoms with E-state index in [0.717, 1.165) is 0 Å². The Balaban J connectivity index is 1.51. The molecule has 11 heteroatoms. The molecule has 1 saturated heterocycles. The molecule has 4 heterocycles. The molecule has 5 rings (SSSR count). The summed E-state index contributed by atoms with van der Waals surface area (Å²) in [5.74, 6) is -0.462. The number of nitrogens with zero attached hydrogens (tertiary/aromatic N) is 2. The van der Waals surface area contributed by atoms with Crippen LogP contribution in [-0.4, -0.2) is 47.9 Å². The van der Waals surface area contributed by atoms with Crippen LogP contribution in [0.4, 0.5) is 26.4 Å². The second-order valence-electron chi connectivity index (χ2n) is 7.77. The van der Waals surface area contributed by atoms with Crippen molar-refractivity contribution in [3.63, 3.8) is 0 Å². The Hall–Kier alpha value is -3.99. The Kier molecular flexibility index (Phi) is 5.17. The molecule has 0 radical (unpaired) electrons. The van der Waals surface area contributed by atoms with Gasteiger partial charge in [0.05, 0.1) is 18.9 Å². The van der Waals surface area contributed by atoms with Crippen molar-refractivity contribution in [1.82, 2.24) is 9.97 Å². The number of carbonyl (C=O) groups excluding carboxylic acids is 2. The maximum absolute atomic E-state index is 15.2. The van der Waals surface area contributed by atoms with Crippen molar-refractivity contribution in [3.05, 3.63) is 35.9 Å². The van der Waals surface area contributed by atoms with E-state index in [1.165, 1.54) is 12.4 Å². The summed E-state index contributed by atoms with van der Waals surface area (Å²) in [7, 11) is 0. The molecule has 1 atom stereocenters. The van der Waals surface area contributed by atoms with E-state index in [9.17, 15) is 9.59 Å². The number of benzene rings is 1. The lowest BCUT2D eigenvalue weighted by Crippen LogP contribution is -2.26. The van der Waals surface area contributed by atoms with Gasteiger partial charge >= 0.3 is 6.09 Å². The summed E-state index contributed by atoms with van der Waals surface area (Å²) in [4.78, 5) is 32.2. The largest absolute Gasteiger partial charge is 0.466 e. The number of nitrogen functional groups attached to an aromatic ring is 1. The lowest BCUT2D eigenvalue weighted by molar-refractivity contribution is -0.118. The average molecular weight is 453 g/mol. The summed E-state index contributed by atoms with van der Waals surface area (Å²) in [5, 5.41) is 6.22. The number of amides is 2. The minimum atomic E-state index is -0.655. The van der Waals surface area contributed by atoms with Gasteiger partial charge in [-0.05, 0) is 30.0 Å². The number of halogens is 1. The molecule has 2 amide bonds. The highest BCUT2D eigenvalue weighted by molar-refractivity contribution is 6.01. The van der Waals surface area contributed by atoms with E-state index in [0.29, 0.717) is 47.2 Å². The second-order valence-corrected chi connectivity index (χ2v) is 7.77. The number of rotatable bonds is 3. The molecule has 1 aromatic carbocycles. The summed E-state index contributed by atoms with van der Waals surface area (Å²) in [6, 6.07) is 3.17. The third kappa shape index (κ3) is 3.87.